The van der Waals surface area contributed by atoms with Crippen LogP contribution in [0.3, 0.4) is 0 Å². The number of aliphatic imine (C=N–C) groups is 1. The fourth-order valence-corrected chi connectivity index (χ4v) is 4.55. The van der Waals surface area contributed by atoms with E-state index in [-0.39, 0.29) is 5.54 Å². The van der Waals surface area contributed by atoms with E-state index in [1.54, 1.807) is 0 Å². The van der Waals surface area contributed by atoms with Gasteiger partial charge in [-0.2, -0.15) is 0 Å². The first-order valence-electron chi connectivity index (χ1n) is 7.57. The number of nitrogens with zero attached hydrogens (tertiary/aromatic N) is 2. The van der Waals surface area contributed by atoms with Crippen molar-refractivity contribution in [3.8, 4) is 0 Å². The summed E-state index contributed by atoms with van der Waals surface area (Å²) in [7, 11) is 0. The molecule has 0 spiro atoms. The normalized spacial score (nSPS) is 24.0. The van der Waals surface area contributed by atoms with Gasteiger partial charge in [0.15, 0.2) is 5.17 Å². The lowest BCUT2D eigenvalue weighted by atomic mass is 9.82. The zero-order chi connectivity index (χ0) is 15.0. The van der Waals surface area contributed by atoms with Crippen molar-refractivity contribution in [1.29, 1.82) is 0 Å². The van der Waals surface area contributed by atoms with E-state index in [0.717, 1.165) is 18.1 Å². The quantitative estimate of drug-likeness (QED) is 0.812. The van der Waals surface area contributed by atoms with E-state index in [9.17, 15) is 0 Å². The van der Waals surface area contributed by atoms with Crippen LogP contribution < -0.4 is 0 Å². The Morgan fingerprint density at radius 1 is 1.00 bits per heavy atom. The Hall–Kier alpha value is -1.45. The van der Waals surface area contributed by atoms with Crippen LogP contribution in [0.5, 0.6) is 0 Å². The molecule has 2 aromatic rings. The summed E-state index contributed by atoms with van der Waals surface area (Å²) in [6.45, 7) is 1.84. The maximum atomic E-state index is 6.10. The third-order valence-electron chi connectivity index (χ3n) is 4.47. The van der Waals surface area contributed by atoms with E-state index in [2.05, 4.69) is 47.4 Å². The van der Waals surface area contributed by atoms with Crippen molar-refractivity contribution in [3.05, 3.63) is 70.7 Å². The molecule has 0 saturated carbocycles. The topological polar surface area (TPSA) is 15.6 Å². The molecule has 0 radical (unpaired) electrons. The lowest BCUT2D eigenvalue weighted by molar-refractivity contribution is 0.254. The summed E-state index contributed by atoms with van der Waals surface area (Å²) in [6, 6.07) is 19.0. The van der Waals surface area contributed by atoms with Gasteiger partial charge in [-0.15, -0.1) is 0 Å². The van der Waals surface area contributed by atoms with Gasteiger partial charge in [-0.1, -0.05) is 65.8 Å². The zero-order valence-corrected chi connectivity index (χ0v) is 13.8. The zero-order valence-electron chi connectivity index (χ0n) is 12.2. The highest BCUT2D eigenvalue weighted by atomic mass is 35.5. The van der Waals surface area contributed by atoms with Crippen molar-refractivity contribution >= 4 is 28.5 Å². The molecule has 22 heavy (non-hydrogen) atoms. The second kappa shape index (κ2) is 5.64. The largest absolute Gasteiger partial charge is 0.336 e. The maximum Gasteiger partial charge on any atom is 0.160 e. The SMILES string of the molecule is Clc1ccc(C2(c3ccccc3)CN=C3SCCCN32)cc1. The van der Waals surface area contributed by atoms with E-state index in [4.69, 9.17) is 16.6 Å². The van der Waals surface area contributed by atoms with Crippen molar-refractivity contribution in [1.82, 2.24) is 4.90 Å². The number of amidine groups is 1. The van der Waals surface area contributed by atoms with E-state index >= 15 is 0 Å². The molecule has 1 unspecified atom stereocenters. The number of rotatable bonds is 2. The second-order valence-corrected chi connectivity index (χ2v) is 7.18. The van der Waals surface area contributed by atoms with Crippen LogP contribution in [-0.4, -0.2) is 28.9 Å². The van der Waals surface area contributed by atoms with Crippen molar-refractivity contribution in [2.24, 2.45) is 4.99 Å². The molecule has 4 heteroatoms. The van der Waals surface area contributed by atoms with E-state index in [0.29, 0.717) is 0 Å². The van der Waals surface area contributed by atoms with Gasteiger partial charge in [0.05, 0.1) is 6.54 Å². The number of benzene rings is 2. The van der Waals surface area contributed by atoms with Crippen LogP contribution in [0.2, 0.25) is 5.02 Å². The highest BCUT2D eigenvalue weighted by Crippen LogP contribution is 2.43. The van der Waals surface area contributed by atoms with E-state index < -0.39 is 0 Å². The smallest absolute Gasteiger partial charge is 0.160 e. The molecule has 1 saturated heterocycles. The van der Waals surface area contributed by atoms with Crippen LogP contribution in [0.1, 0.15) is 17.5 Å². The van der Waals surface area contributed by atoms with Gasteiger partial charge in [0.1, 0.15) is 5.54 Å². The minimum absolute atomic E-state index is 0.186. The first kappa shape index (κ1) is 14.2. The van der Waals surface area contributed by atoms with Crippen LogP contribution >= 0.6 is 23.4 Å². The Morgan fingerprint density at radius 2 is 1.73 bits per heavy atom. The van der Waals surface area contributed by atoms with Crippen LogP contribution in [0.25, 0.3) is 0 Å². The molecule has 2 heterocycles. The number of fused-ring (bicyclic) bond motifs is 1. The fraction of sp³-hybridized carbons (Fsp3) is 0.278. The molecule has 0 amide bonds. The standard InChI is InChI=1S/C18H17ClN2S/c19-16-9-7-15(8-10-16)18(14-5-2-1-3-6-14)13-20-17-21(18)11-4-12-22-17/h1-3,5-10H,4,11-13H2. The molecule has 1 fully saturated rings. The monoisotopic (exact) mass is 328 g/mol. The molecular formula is C18H17ClN2S. The van der Waals surface area contributed by atoms with Gasteiger partial charge >= 0.3 is 0 Å². The van der Waals surface area contributed by atoms with Crippen molar-refractivity contribution in [2.75, 3.05) is 18.8 Å². The molecule has 2 aliphatic heterocycles. The molecule has 2 aromatic carbocycles. The summed E-state index contributed by atoms with van der Waals surface area (Å²) < 4.78 is 0. The third kappa shape index (κ3) is 2.15. The van der Waals surface area contributed by atoms with Gasteiger partial charge < -0.3 is 4.90 Å². The molecule has 112 valence electrons. The maximum absolute atomic E-state index is 6.10. The number of halogens is 1. The van der Waals surface area contributed by atoms with Crippen LogP contribution in [0.15, 0.2) is 59.6 Å². The summed E-state index contributed by atoms with van der Waals surface area (Å²) >= 11 is 7.98. The number of thioether (sulfide) groups is 1. The summed E-state index contributed by atoms with van der Waals surface area (Å²) in [6.07, 6.45) is 1.20. The van der Waals surface area contributed by atoms with Crippen LogP contribution in [-0.2, 0) is 5.54 Å². The molecular weight excluding hydrogens is 312 g/mol. The van der Waals surface area contributed by atoms with Gasteiger partial charge in [0.2, 0.25) is 0 Å². The average Bonchev–Trinajstić information content (AvgIpc) is 2.97. The van der Waals surface area contributed by atoms with Gasteiger partial charge in [0.25, 0.3) is 0 Å². The lowest BCUT2D eigenvalue weighted by Crippen LogP contribution is -2.49. The van der Waals surface area contributed by atoms with Crippen molar-refractivity contribution < 1.29 is 0 Å². The fourth-order valence-electron chi connectivity index (χ4n) is 3.41. The molecule has 1 atom stereocenters. The summed E-state index contributed by atoms with van der Waals surface area (Å²) in [5.74, 6) is 1.17. The number of hydrogen-bond acceptors (Lipinski definition) is 3. The summed E-state index contributed by atoms with van der Waals surface area (Å²) in [5.41, 5.74) is 2.39. The minimum atomic E-state index is -0.186. The van der Waals surface area contributed by atoms with Crippen molar-refractivity contribution in [2.45, 2.75) is 12.0 Å². The third-order valence-corrected chi connectivity index (χ3v) is 5.82. The summed E-state index contributed by atoms with van der Waals surface area (Å²) in [5, 5.41) is 1.96. The van der Waals surface area contributed by atoms with Crippen LogP contribution in [0, 0.1) is 0 Å². The first-order chi connectivity index (χ1) is 10.8. The molecule has 0 N–H and O–H groups in total. The second-order valence-electron chi connectivity index (χ2n) is 5.69. The van der Waals surface area contributed by atoms with Gasteiger partial charge in [0, 0.05) is 17.3 Å². The van der Waals surface area contributed by atoms with E-state index in [1.165, 1.54) is 28.5 Å². The number of hydrogen-bond donors (Lipinski definition) is 0. The van der Waals surface area contributed by atoms with Crippen molar-refractivity contribution in [3.63, 3.8) is 0 Å². The van der Waals surface area contributed by atoms with E-state index in [1.807, 2.05) is 23.9 Å². The molecule has 0 bridgehead atoms. The van der Waals surface area contributed by atoms with Gasteiger partial charge in [-0.3, -0.25) is 4.99 Å². The Balaban J connectivity index is 1.88. The Morgan fingerprint density at radius 3 is 2.50 bits per heavy atom. The van der Waals surface area contributed by atoms with Crippen LogP contribution in [0.4, 0.5) is 0 Å². The Labute approximate surface area is 140 Å². The highest BCUT2D eigenvalue weighted by molar-refractivity contribution is 8.13. The predicted molar refractivity (Wildman–Crippen MR) is 94.8 cm³/mol. The minimum Gasteiger partial charge on any atom is -0.336 e. The molecule has 2 aliphatic rings. The molecule has 0 aromatic heterocycles. The highest BCUT2D eigenvalue weighted by Gasteiger charge is 2.46. The van der Waals surface area contributed by atoms with Gasteiger partial charge in [-0.05, 0) is 29.7 Å². The lowest BCUT2D eigenvalue weighted by Gasteiger charge is -2.42. The Bertz CT molecular complexity index is 699. The predicted octanol–water partition coefficient (Wildman–Crippen LogP) is 4.39. The first-order valence-corrected chi connectivity index (χ1v) is 8.93. The Kier molecular flexibility index (Phi) is 3.63. The molecule has 4 rings (SSSR count). The average molecular weight is 329 g/mol. The molecule has 0 aliphatic carbocycles. The molecule has 2 nitrogen and oxygen atoms in total. The van der Waals surface area contributed by atoms with Gasteiger partial charge in [-0.25, -0.2) is 0 Å². The summed E-state index contributed by atoms with van der Waals surface area (Å²) in [4.78, 5) is 7.34.